The van der Waals surface area contributed by atoms with E-state index in [-0.39, 0.29) is 4.90 Å². The molecule has 0 bridgehead atoms. The Bertz CT molecular complexity index is 712. The molecule has 0 heterocycles. The van der Waals surface area contributed by atoms with Gasteiger partial charge in [0, 0.05) is 25.2 Å². The third kappa shape index (κ3) is 3.97. The normalized spacial score (nSPS) is 11.6. The lowest BCUT2D eigenvalue weighted by Gasteiger charge is -2.12. The molecule has 0 amide bonds. The van der Waals surface area contributed by atoms with Crippen LogP contribution in [0.4, 0.5) is 0 Å². The van der Waals surface area contributed by atoms with Crippen LogP contribution in [-0.4, -0.2) is 26.8 Å². The van der Waals surface area contributed by atoms with Crippen molar-refractivity contribution in [2.75, 3.05) is 14.1 Å². The highest BCUT2D eigenvalue weighted by atomic mass is 35.5. The van der Waals surface area contributed by atoms with Crippen molar-refractivity contribution in [2.45, 2.75) is 11.5 Å². The zero-order chi connectivity index (χ0) is 15.5. The SMILES string of the molecule is CN(C)S(=O)(=O)c1cccc(OCc2ccc(Cl)cc2)c1. The number of benzene rings is 2. The van der Waals surface area contributed by atoms with Gasteiger partial charge in [-0.15, -0.1) is 0 Å². The molecule has 112 valence electrons. The van der Waals surface area contributed by atoms with Crippen molar-refractivity contribution in [3.05, 3.63) is 59.1 Å². The zero-order valence-electron chi connectivity index (χ0n) is 11.8. The minimum atomic E-state index is -3.45. The van der Waals surface area contributed by atoms with Crippen LogP contribution in [0.1, 0.15) is 5.56 Å². The van der Waals surface area contributed by atoms with Crippen LogP contribution in [0.2, 0.25) is 5.02 Å². The van der Waals surface area contributed by atoms with Crippen LogP contribution in [0.3, 0.4) is 0 Å². The molecule has 21 heavy (non-hydrogen) atoms. The fourth-order valence-electron chi connectivity index (χ4n) is 1.68. The Hall–Kier alpha value is -1.56. The highest BCUT2D eigenvalue weighted by molar-refractivity contribution is 7.89. The van der Waals surface area contributed by atoms with Crippen molar-refractivity contribution in [2.24, 2.45) is 0 Å². The first-order valence-electron chi connectivity index (χ1n) is 6.29. The number of halogens is 1. The Morgan fingerprint density at radius 3 is 2.38 bits per heavy atom. The van der Waals surface area contributed by atoms with E-state index in [4.69, 9.17) is 16.3 Å². The first-order valence-corrected chi connectivity index (χ1v) is 8.11. The molecular formula is C15H16ClNO3S. The zero-order valence-corrected chi connectivity index (χ0v) is 13.4. The van der Waals surface area contributed by atoms with Crippen LogP contribution in [-0.2, 0) is 16.6 Å². The van der Waals surface area contributed by atoms with Gasteiger partial charge in [0.1, 0.15) is 12.4 Å². The smallest absolute Gasteiger partial charge is 0.242 e. The standard InChI is InChI=1S/C15H16ClNO3S/c1-17(2)21(18,19)15-5-3-4-14(10-15)20-11-12-6-8-13(16)9-7-12/h3-10H,11H2,1-2H3. The molecule has 0 spiro atoms. The van der Waals surface area contributed by atoms with E-state index in [1.807, 2.05) is 12.1 Å². The summed E-state index contributed by atoms with van der Waals surface area (Å²) in [4.78, 5) is 0.209. The molecule has 0 aromatic heterocycles. The van der Waals surface area contributed by atoms with Crippen molar-refractivity contribution in [3.8, 4) is 5.75 Å². The second-order valence-electron chi connectivity index (χ2n) is 4.68. The molecule has 2 aromatic carbocycles. The number of hydrogen-bond donors (Lipinski definition) is 0. The molecule has 0 saturated carbocycles. The minimum absolute atomic E-state index is 0.209. The summed E-state index contributed by atoms with van der Waals surface area (Å²) in [5.74, 6) is 0.507. The maximum Gasteiger partial charge on any atom is 0.242 e. The third-order valence-electron chi connectivity index (χ3n) is 2.90. The van der Waals surface area contributed by atoms with E-state index in [0.717, 1.165) is 5.56 Å². The highest BCUT2D eigenvalue weighted by Gasteiger charge is 2.17. The highest BCUT2D eigenvalue weighted by Crippen LogP contribution is 2.20. The fraction of sp³-hybridized carbons (Fsp3) is 0.200. The molecule has 0 fully saturated rings. The molecule has 2 aromatic rings. The molecule has 0 aliphatic heterocycles. The number of sulfonamides is 1. The van der Waals surface area contributed by atoms with E-state index in [9.17, 15) is 8.42 Å². The lowest BCUT2D eigenvalue weighted by molar-refractivity contribution is 0.305. The number of hydrogen-bond acceptors (Lipinski definition) is 3. The summed E-state index contributed by atoms with van der Waals surface area (Å²) in [6.07, 6.45) is 0. The topological polar surface area (TPSA) is 46.6 Å². The van der Waals surface area contributed by atoms with Crippen LogP contribution in [0.15, 0.2) is 53.4 Å². The Labute approximate surface area is 130 Å². The first-order chi connectivity index (χ1) is 9.89. The number of rotatable bonds is 5. The number of nitrogens with zero attached hydrogens (tertiary/aromatic N) is 1. The summed E-state index contributed by atoms with van der Waals surface area (Å²) in [6, 6.07) is 13.7. The van der Waals surface area contributed by atoms with E-state index in [1.54, 1.807) is 30.3 Å². The summed E-state index contributed by atoms with van der Waals surface area (Å²) in [5.41, 5.74) is 0.959. The Kier molecular flexibility index (Phi) is 4.88. The first kappa shape index (κ1) is 15.8. The molecule has 0 saturated heterocycles. The van der Waals surface area contributed by atoms with Crippen LogP contribution in [0.5, 0.6) is 5.75 Å². The van der Waals surface area contributed by atoms with Crippen molar-refractivity contribution >= 4 is 21.6 Å². The van der Waals surface area contributed by atoms with Gasteiger partial charge in [-0.2, -0.15) is 0 Å². The summed E-state index contributed by atoms with van der Waals surface area (Å²) < 4.78 is 30.9. The molecule has 0 unspecified atom stereocenters. The average Bonchev–Trinajstić information content (AvgIpc) is 2.47. The molecule has 0 aliphatic rings. The summed E-state index contributed by atoms with van der Waals surface area (Å²) in [6.45, 7) is 0.350. The van der Waals surface area contributed by atoms with E-state index in [1.165, 1.54) is 24.5 Å². The fourth-order valence-corrected chi connectivity index (χ4v) is 2.75. The lowest BCUT2D eigenvalue weighted by Crippen LogP contribution is -2.22. The van der Waals surface area contributed by atoms with Crippen molar-refractivity contribution < 1.29 is 13.2 Å². The van der Waals surface area contributed by atoms with Crippen molar-refractivity contribution in [1.82, 2.24) is 4.31 Å². The van der Waals surface area contributed by atoms with E-state index in [2.05, 4.69) is 0 Å². The van der Waals surface area contributed by atoms with E-state index >= 15 is 0 Å². The van der Waals surface area contributed by atoms with Crippen LogP contribution >= 0.6 is 11.6 Å². The second kappa shape index (κ2) is 6.47. The van der Waals surface area contributed by atoms with Crippen LogP contribution in [0.25, 0.3) is 0 Å². The van der Waals surface area contributed by atoms with Gasteiger partial charge in [-0.05, 0) is 29.8 Å². The van der Waals surface area contributed by atoms with Gasteiger partial charge in [0.05, 0.1) is 4.90 Å². The van der Waals surface area contributed by atoms with E-state index in [0.29, 0.717) is 17.4 Å². The molecule has 4 nitrogen and oxygen atoms in total. The van der Waals surface area contributed by atoms with Gasteiger partial charge in [0.15, 0.2) is 0 Å². The second-order valence-corrected chi connectivity index (χ2v) is 7.27. The van der Waals surface area contributed by atoms with Crippen molar-refractivity contribution in [3.63, 3.8) is 0 Å². The molecule has 0 aliphatic carbocycles. The predicted molar refractivity (Wildman–Crippen MR) is 83.1 cm³/mol. The molecule has 0 radical (unpaired) electrons. The largest absolute Gasteiger partial charge is 0.489 e. The third-order valence-corrected chi connectivity index (χ3v) is 4.97. The summed E-state index contributed by atoms with van der Waals surface area (Å²) >= 11 is 5.82. The molecule has 2 rings (SSSR count). The quantitative estimate of drug-likeness (QED) is 0.848. The van der Waals surface area contributed by atoms with Gasteiger partial charge in [-0.1, -0.05) is 29.8 Å². The lowest BCUT2D eigenvalue weighted by atomic mass is 10.2. The van der Waals surface area contributed by atoms with Crippen molar-refractivity contribution in [1.29, 1.82) is 0 Å². The minimum Gasteiger partial charge on any atom is -0.489 e. The maximum atomic E-state index is 12.1. The molecular weight excluding hydrogens is 310 g/mol. The summed E-state index contributed by atoms with van der Waals surface area (Å²) in [5, 5.41) is 0.665. The monoisotopic (exact) mass is 325 g/mol. The molecule has 0 atom stereocenters. The van der Waals surface area contributed by atoms with Gasteiger partial charge in [0.25, 0.3) is 0 Å². The van der Waals surface area contributed by atoms with Crippen LogP contribution in [0, 0.1) is 0 Å². The molecule has 0 N–H and O–H groups in total. The predicted octanol–water partition coefficient (Wildman–Crippen LogP) is 3.17. The Morgan fingerprint density at radius 1 is 1.10 bits per heavy atom. The van der Waals surface area contributed by atoms with Gasteiger partial charge in [-0.25, -0.2) is 12.7 Å². The van der Waals surface area contributed by atoms with Gasteiger partial charge in [-0.3, -0.25) is 0 Å². The molecule has 6 heteroatoms. The Balaban J connectivity index is 2.13. The maximum absolute atomic E-state index is 12.1. The summed E-state index contributed by atoms with van der Waals surface area (Å²) in [7, 11) is -0.459. The average molecular weight is 326 g/mol. The van der Waals surface area contributed by atoms with Gasteiger partial charge < -0.3 is 4.74 Å². The van der Waals surface area contributed by atoms with Gasteiger partial charge >= 0.3 is 0 Å². The van der Waals surface area contributed by atoms with Gasteiger partial charge in [0.2, 0.25) is 10.0 Å². The van der Waals surface area contributed by atoms with Crippen LogP contribution < -0.4 is 4.74 Å². The van der Waals surface area contributed by atoms with E-state index < -0.39 is 10.0 Å². The number of ether oxygens (including phenoxy) is 1. The Morgan fingerprint density at radius 2 is 1.76 bits per heavy atom.